The third kappa shape index (κ3) is 2.98. The number of carboxylic acids is 1. The molecule has 0 aliphatic heterocycles. The number of pyridine rings is 1. The van der Waals surface area contributed by atoms with Crippen LogP contribution >= 0.6 is 0 Å². The Labute approximate surface area is 105 Å². The number of carbonyl (C=O) groups is 1. The number of aromatic nitrogens is 1. The van der Waals surface area contributed by atoms with E-state index < -0.39 is 5.97 Å². The zero-order valence-electron chi connectivity index (χ0n) is 9.87. The molecule has 0 atom stereocenters. The molecule has 94 valence electrons. The Bertz CT molecular complexity index is 456. The molecular weight excluding hydrogens is 232 g/mol. The highest BCUT2D eigenvalue weighted by molar-refractivity contribution is 5.70. The zero-order chi connectivity index (χ0) is 13.0. The van der Waals surface area contributed by atoms with Crippen molar-refractivity contribution in [3.05, 3.63) is 23.9 Å². The minimum absolute atomic E-state index is 0.0287. The van der Waals surface area contributed by atoms with Crippen molar-refractivity contribution < 1.29 is 14.6 Å². The molecule has 1 aromatic heterocycles. The first-order valence-electron chi connectivity index (χ1n) is 5.94. The molecule has 1 aromatic rings. The van der Waals surface area contributed by atoms with Gasteiger partial charge in [-0.3, -0.25) is 4.79 Å². The van der Waals surface area contributed by atoms with Gasteiger partial charge in [0.15, 0.2) is 0 Å². The molecule has 0 aromatic carbocycles. The van der Waals surface area contributed by atoms with Crippen LogP contribution in [0.15, 0.2) is 18.3 Å². The van der Waals surface area contributed by atoms with E-state index in [0.717, 1.165) is 12.8 Å². The molecule has 1 heterocycles. The molecular formula is C13H14N2O3. The highest BCUT2D eigenvalue weighted by Gasteiger charge is 2.26. The molecule has 2 rings (SSSR count). The number of nitriles is 1. The predicted molar refractivity (Wildman–Crippen MR) is 63.0 cm³/mol. The van der Waals surface area contributed by atoms with Crippen LogP contribution in [-0.4, -0.2) is 22.2 Å². The minimum atomic E-state index is -0.718. The number of rotatable bonds is 3. The number of hydrogen-bond acceptors (Lipinski definition) is 4. The Morgan fingerprint density at radius 1 is 1.39 bits per heavy atom. The maximum atomic E-state index is 10.8. The Morgan fingerprint density at radius 3 is 2.61 bits per heavy atom. The molecule has 0 spiro atoms. The minimum Gasteiger partial charge on any atom is -0.481 e. The normalized spacial score (nSPS) is 23.1. The van der Waals surface area contributed by atoms with Crippen molar-refractivity contribution in [2.75, 3.05) is 0 Å². The van der Waals surface area contributed by atoms with E-state index in [4.69, 9.17) is 15.1 Å². The molecule has 0 unspecified atom stereocenters. The van der Waals surface area contributed by atoms with Crippen LogP contribution in [0.4, 0.5) is 0 Å². The molecule has 1 fully saturated rings. The summed E-state index contributed by atoms with van der Waals surface area (Å²) >= 11 is 0. The van der Waals surface area contributed by atoms with Crippen molar-refractivity contribution >= 4 is 5.97 Å². The van der Waals surface area contributed by atoms with Gasteiger partial charge in [0.1, 0.15) is 12.2 Å². The standard InChI is InChI=1S/C13H14N2O3/c14-7-9-1-6-12(15-8-9)18-11-4-2-10(3-5-11)13(16)17/h1,6,8,10-11H,2-5H2,(H,16,17). The number of carboxylic acid groups (broad SMARTS) is 1. The quantitative estimate of drug-likeness (QED) is 0.881. The summed E-state index contributed by atoms with van der Waals surface area (Å²) in [7, 11) is 0. The Balaban J connectivity index is 1.87. The summed E-state index contributed by atoms with van der Waals surface area (Å²) in [5.74, 6) is -0.462. The van der Waals surface area contributed by atoms with Crippen molar-refractivity contribution in [2.45, 2.75) is 31.8 Å². The van der Waals surface area contributed by atoms with E-state index in [2.05, 4.69) is 4.98 Å². The second kappa shape index (κ2) is 5.50. The SMILES string of the molecule is N#Cc1ccc(OC2CCC(C(=O)O)CC2)nc1. The molecule has 1 aliphatic rings. The van der Waals surface area contributed by atoms with Gasteiger partial charge in [-0.15, -0.1) is 0 Å². The van der Waals surface area contributed by atoms with E-state index in [0.29, 0.717) is 24.3 Å². The van der Waals surface area contributed by atoms with Gasteiger partial charge in [-0.2, -0.15) is 5.26 Å². The third-order valence-corrected chi connectivity index (χ3v) is 3.18. The molecule has 0 saturated heterocycles. The lowest BCUT2D eigenvalue weighted by Crippen LogP contribution is -2.28. The zero-order valence-corrected chi connectivity index (χ0v) is 9.87. The van der Waals surface area contributed by atoms with Crippen LogP contribution in [0.5, 0.6) is 5.88 Å². The Morgan fingerprint density at radius 2 is 2.11 bits per heavy atom. The van der Waals surface area contributed by atoms with Gasteiger partial charge in [-0.05, 0) is 31.7 Å². The van der Waals surface area contributed by atoms with E-state index in [1.807, 2.05) is 6.07 Å². The average Bonchev–Trinajstić information content (AvgIpc) is 2.40. The van der Waals surface area contributed by atoms with Gasteiger partial charge in [0.05, 0.1) is 11.5 Å². The van der Waals surface area contributed by atoms with Gasteiger partial charge in [0.2, 0.25) is 5.88 Å². The van der Waals surface area contributed by atoms with Gasteiger partial charge in [-0.25, -0.2) is 4.98 Å². The smallest absolute Gasteiger partial charge is 0.306 e. The highest BCUT2D eigenvalue weighted by Crippen LogP contribution is 2.27. The first-order valence-corrected chi connectivity index (χ1v) is 5.94. The topological polar surface area (TPSA) is 83.2 Å². The largest absolute Gasteiger partial charge is 0.481 e. The fourth-order valence-corrected chi connectivity index (χ4v) is 2.11. The van der Waals surface area contributed by atoms with Crippen molar-refractivity contribution in [1.82, 2.24) is 4.98 Å². The predicted octanol–water partition coefficient (Wildman–Crippen LogP) is 1.98. The second-order valence-electron chi connectivity index (χ2n) is 4.43. The molecule has 1 N–H and O–H groups in total. The van der Waals surface area contributed by atoms with Crippen LogP contribution in [0, 0.1) is 17.2 Å². The summed E-state index contributed by atoms with van der Waals surface area (Å²) in [4.78, 5) is 14.8. The average molecular weight is 246 g/mol. The van der Waals surface area contributed by atoms with E-state index >= 15 is 0 Å². The maximum absolute atomic E-state index is 10.8. The first-order chi connectivity index (χ1) is 8.69. The molecule has 5 heteroatoms. The van der Waals surface area contributed by atoms with Crippen LogP contribution in [0.1, 0.15) is 31.2 Å². The molecule has 0 radical (unpaired) electrons. The highest BCUT2D eigenvalue weighted by atomic mass is 16.5. The van der Waals surface area contributed by atoms with E-state index in [1.165, 1.54) is 6.20 Å². The lowest BCUT2D eigenvalue weighted by atomic mass is 9.87. The monoisotopic (exact) mass is 246 g/mol. The van der Waals surface area contributed by atoms with E-state index in [9.17, 15) is 4.79 Å². The van der Waals surface area contributed by atoms with Crippen LogP contribution in [0.2, 0.25) is 0 Å². The number of aliphatic carboxylic acids is 1. The van der Waals surface area contributed by atoms with E-state index in [-0.39, 0.29) is 12.0 Å². The van der Waals surface area contributed by atoms with Crippen LogP contribution < -0.4 is 4.74 Å². The number of nitrogens with zero attached hydrogens (tertiary/aromatic N) is 2. The van der Waals surface area contributed by atoms with Crippen LogP contribution in [0.25, 0.3) is 0 Å². The van der Waals surface area contributed by atoms with Crippen molar-refractivity contribution in [3.63, 3.8) is 0 Å². The molecule has 1 aliphatic carbocycles. The first kappa shape index (κ1) is 12.4. The van der Waals surface area contributed by atoms with Gasteiger partial charge in [0.25, 0.3) is 0 Å². The van der Waals surface area contributed by atoms with Gasteiger partial charge >= 0.3 is 5.97 Å². The molecule has 1 saturated carbocycles. The Kier molecular flexibility index (Phi) is 3.78. The van der Waals surface area contributed by atoms with Crippen molar-refractivity contribution in [3.8, 4) is 11.9 Å². The molecule has 18 heavy (non-hydrogen) atoms. The van der Waals surface area contributed by atoms with Crippen LogP contribution in [-0.2, 0) is 4.79 Å². The number of ether oxygens (including phenoxy) is 1. The van der Waals surface area contributed by atoms with Crippen LogP contribution in [0.3, 0.4) is 0 Å². The molecule has 0 bridgehead atoms. The second-order valence-corrected chi connectivity index (χ2v) is 4.43. The van der Waals surface area contributed by atoms with Gasteiger partial charge < -0.3 is 9.84 Å². The Hall–Kier alpha value is -2.09. The third-order valence-electron chi connectivity index (χ3n) is 3.18. The summed E-state index contributed by atoms with van der Waals surface area (Å²) in [5, 5.41) is 17.5. The van der Waals surface area contributed by atoms with Crippen molar-refractivity contribution in [2.24, 2.45) is 5.92 Å². The summed E-state index contributed by atoms with van der Waals surface area (Å²) in [6.07, 6.45) is 4.27. The molecule has 5 nitrogen and oxygen atoms in total. The maximum Gasteiger partial charge on any atom is 0.306 e. The van der Waals surface area contributed by atoms with E-state index in [1.54, 1.807) is 12.1 Å². The summed E-state index contributed by atoms with van der Waals surface area (Å²) in [5.41, 5.74) is 0.497. The molecule has 0 amide bonds. The van der Waals surface area contributed by atoms with Gasteiger partial charge in [0, 0.05) is 12.3 Å². The fraction of sp³-hybridized carbons (Fsp3) is 0.462. The summed E-state index contributed by atoms with van der Waals surface area (Å²) in [6, 6.07) is 5.32. The lowest BCUT2D eigenvalue weighted by molar-refractivity contribution is -0.143. The van der Waals surface area contributed by atoms with Gasteiger partial charge in [-0.1, -0.05) is 0 Å². The summed E-state index contributed by atoms with van der Waals surface area (Å²) in [6.45, 7) is 0. The summed E-state index contributed by atoms with van der Waals surface area (Å²) < 4.78 is 5.67. The number of hydrogen-bond donors (Lipinski definition) is 1. The van der Waals surface area contributed by atoms with Crippen molar-refractivity contribution in [1.29, 1.82) is 5.26 Å². The fourth-order valence-electron chi connectivity index (χ4n) is 2.11. The lowest BCUT2D eigenvalue weighted by Gasteiger charge is -2.26.